The smallest absolute Gasteiger partial charge is 0.229 e. The number of halogens is 1. The number of likely N-dealkylation sites (N-methyl/N-ethyl adjacent to an activating group) is 1. The minimum Gasteiger partial charge on any atom is -0.495 e. The van der Waals surface area contributed by atoms with Crippen LogP contribution in [0.4, 0.5) is 17.1 Å². The Morgan fingerprint density at radius 1 is 1.18 bits per heavy atom. The van der Waals surface area contributed by atoms with Gasteiger partial charge in [0.1, 0.15) is 5.75 Å². The summed E-state index contributed by atoms with van der Waals surface area (Å²) in [4.78, 5) is 8.82. The number of nitrogens with zero attached hydrogens (tertiary/aromatic N) is 3. The van der Waals surface area contributed by atoms with Gasteiger partial charge in [0.25, 0.3) is 0 Å². The predicted octanol–water partition coefficient (Wildman–Crippen LogP) is 5.92. The number of nitrogens with one attached hydrogen (secondary N) is 2. The number of thiocarbonyl (C=S) groups is 1. The number of pyridine rings is 1. The van der Waals surface area contributed by atoms with Crippen molar-refractivity contribution in [3.05, 3.63) is 82.6 Å². The summed E-state index contributed by atoms with van der Waals surface area (Å²) >= 11 is 13.0. The van der Waals surface area contributed by atoms with E-state index in [1.807, 2.05) is 35.2 Å². The van der Waals surface area contributed by atoms with Crippen LogP contribution in [0.5, 0.6) is 5.75 Å². The van der Waals surface area contributed by atoms with Crippen molar-refractivity contribution in [2.75, 3.05) is 34.9 Å². The van der Waals surface area contributed by atoms with Crippen LogP contribution in [0.3, 0.4) is 0 Å². The van der Waals surface area contributed by atoms with E-state index in [1.54, 1.807) is 18.3 Å². The van der Waals surface area contributed by atoms with Crippen LogP contribution in [0.25, 0.3) is 5.57 Å². The summed E-state index contributed by atoms with van der Waals surface area (Å²) in [6.45, 7) is 6.46. The summed E-state index contributed by atoms with van der Waals surface area (Å²) in [6.07, 6.45) is 5.10. The highest BCUT2D eigenvalue weighted by molar-refractivity contribution is 7.92. The molecule has 40 heavy (non-hydrogen) atoms. The number of ether oxygens (including phenoxy) is 1. The van der Waals surface area contributed by atoms with Crippen LogP contribution in [-0.4, -0.2) is 44.5 Å². The highest BCUT2D eigenvalue weighted by Crippen LogP contribution is 2.48. The lowest BCUT2D eigenvalue weighted by molar-refractivity contribution is 0.417. The average Bonchev–Trinajstić information content (AvgIpc) is 3.23. The van der Waals surface area contributed by atoms with Crippen LogP contribution in [0.15, 0.2) is 60.8 Å². The molecule has 3 heterocycles. The fourth-order valence-corrected chi connectivity index (χ4v) is 6.66. The van der Waals surface area contributed by atoms with Crippen molar-refractivity contribution in [2.24, 2.45) is 0 Å². The first-order valence-corrected chi connectivity index (χ1v) is 15.4. The van der Waals surface area contributed by atoms with Gasteiger partial charge in [-0.1, -0.05) is 23.7 Å². The van der Waals surface area contributed by atoms with Gasteiger partial charge in [-0.05, 0) is 86.6 Å². The summed E-state index contributed by atoms with van der Waals surface area (Å²) in [5, 5.41) is 4.51. The van der Waals surface area contributed by atoms with Gasteiger partial charge in [0, 0.05) is 35.2 Å². The number of allylic oxidation sites excluding steroid dienone is 1. The van der Waals surface area contributed by atoms with E-state index in [4.69, 9.17) is 28.6 Å². The second kappa shape index (κ2) is 10.2. The molecule has 210 valence electrons. The minimum atomic E-state index is -3.56. The predicted molar refractivity (Wildman–Crippen MR) is 167 cm³/mol. The molecule has 2 N–H and O–H groups in total. The van der Waals surface area contributed by atoms with E-state index in [0.717, 1.165) is 34.3 Å². The van der Waals surface area contributed by atoms with Crippen molar-refractivity contribution in [3.8, 4) is 5.75 Å². The molecule has 0 spiro atoms. The number of anilines is 3. The third-order valence-electron chi connectivity index (χ3n) is 7.51. The molecule has 1 aromatic heterocycles. The topological polar surface area (TPSA) is 86.8 Å². The van der Waals surface area contributed by atoms with Gasteiger partial charge in [-0.15, -0.1) is 0 Å². The van der Waals surface area contributed by atoms with E-state index in [9.17, 15) is 8.42 Å². The van der Waals surface area contributed by atoms with Crippen LogP contribution in [-0.2, 0) is 10.0 Å². The van der Waals surface area contributed by atoms with Crippen LogP contribution in [0, 0.1) is 0 Å². The minimum absolute atomic E-state index is 0.160. The van der Waals surface area contributed by atoms with E-state index in [-0.39, 0.29) is 17.6 Å². The number of hydrogen-bond acceptors (Lipinski definition) is 6. The number of aromatic nitrogens is 1. The Hall–Kier alpha value is -3.34. The number of hydrogen-bond donors (Lipinski definition) is 2. The van der Waals surface area contributed by atoms with Gasteiger partial charge >= 0.3 is 0 Å². The highest BCUT2D eigenvalue weighted by Gasteiger charge is 2.43. The third kappa shape index (κ3) is 5.11. The molecule has 0 radical (unpaired) electrons. The van der Waals surface area contributed by atoms with Gasteiger partial charge < -0.3 is 19.9 Å². The van der Waals surface area contributed by atoms with E-state index >= 15 is 0 Å². The van der Waals surface area contributed by atoms with E-state index in [0.29, 0.717) is 27.3 Å². The van der Waals surface area contributed by atoms with Gasteiger partial charge in [0.2, 0.25) is 10.0 Å². The largest absolute Gasteiger partial charge is 0.495 e. The molecule has 1 saturated heterocycles. The molecule has 2 aliphatic rings. The van der Waals surface area contributed by atoms with Crippen LogP contribution in [0.2, 0.25) is 5.02 Å². The molecular formula is C29H32ClN5O3S2. The number of methoxy groups -OCH3 is 1. The monoisotopic (exact) mass is 597 g/mol. The van der Waals surface area contributed by atoms with Crippen LogP contribution < -0.4 is 24.6 Å². The molecule has 1 fully saturated rings. The second-order valence-corrected chi connectivity index (χ2v) is 13.2. The first-order valence-electron chi connectivity index (χ1n) is 12.7. The van der Waals surface area contributed by atoms with Gasteiger partial charge in [-0.2, -0.15) is 0 Å². The summed E-state index contributed by atoms with van der Waals surface area (Å²) in [7, 11) is 0.00171. The fourth-order valence-electron chi connectivity index (χ4n) is 5.49. The fraction of sp³-hybridized carbons (Fsp3) is 0.310. The number of fused-ring (bicyclic) bond motifs is 1. The third-order valence-corrected chi connectivity index (χ3v) is 8.74. The number of rotatable bonds is 6. The van der Waals surface area contributed by atoms with Crippen molar-refractivity contribution in [1.29, 1.82) is 0 Å². The maximum absolute atomic E-state index is 12.1. The molecule has 5 rings (SSSR count). The molecule has 11 heteroatoms. The molecule has 0 bridgehead atoms. The highest BCUT2D eigenvalue weighted by atomic mass is 35.5. The molecular weight excluding hydrogens is 566 g/mol. The average molecular weight is 598 g/mol. The van der Waals surface area contributed by atoms with Crippen molar-refractivity contribution >= 4 is 61.6 Å². The summed E-state index contributed by atoms with van der Waals surface area (Å²) in [5.41, 5.74) is 5.81. The molecule has 2 aromatic carbocycles. The first-order chi connectivity index (χ1) is 18.8. The van der Waals surface area contributed by atoms with Gasteiger partial charge in [0.05, 0.1) is 42.4 Å². The Labute approximate surface area is 246 Å². The lowest BCUT2D eigenvalue weighted by Gasteiger charge is -2.41. The maximum atomic E-state index is 12.1. The van der Waals surface area contributed by atoms with E-state index in [1.165, 1.54) is 7.11 Å². The zero-order chi connectivity index (χ0) is 29.0. The molecule has 8 nitrogen and oxygen atoms in total. The molecule has 3 aromatic rings. The lowest BCUT2D eigenvalue weighted by Crippen LogP contribution is -2.42. The SMILES string of the molecule is COc1ccc(N2C(=S)NC(c3ccccn3)C2c2cc3c(cc2Cl)N(C)C(C)(C)C=C3C)cc1NS(C)(=O)=O. The molecule has 2 atom stereocenters. The Morgan fingerprint density at radius 2 is 1.93 bits per heavy atom. The summed E-state index contributed by atoms with van der Waals surface area (Å²) in [6, 6.07) is 14.5. The number of sulfonamides is 1. The molecule has 0 amide bonds. The Balaban J connectivity index is 1.70. The van der Waals surface area contributed by atoms with Crippen LogP contribution in [0.1, 0.15) is 49.7 Å². The number of benzene rings is 2. The van der Waals surface area contributed by atoms with E-state index < -0.39 is 10.0 Å². The molecule has 0 aliphatic carbocycles. The maximum Gasteiger partial charge on any atom is 0.229 e. The van der Waals surface area contributed by atoms with Gasteiger partial charge in [-0.3, -0.25) is 9.71 Å². The molecule has 0 saturated carbocycles. The quantitative estimate of drug-likeness (QED) is 0.339. The normalized spacial score (nSPS) is 20.1. The second-order valence-electron chi connectivity index (χ2n) is 10.7. The Morgan fingerprint density at radius 3 is 2.58 bits per heavy atom. The van der Waals surface area contributed by atoms with Crippen molar-refractivity contribution in [1.82, 2.24) is 10.3 Å². The molecule has 2 unspecified atom stereocenters. The summed E-state index contributed by atoms with van der Waals surface area (Å²) < 4.78 is 32.2. The van der Waals surface area contributed by atoms with Gasteiger partial charge in [0.15, 0.2) is 5.11 Å². The standard InChI is InChI=1S/C29H32ClN5O3S2/c1-17-16-29(2,3)34(4)24-15-21(30)20(14-19(17)24)27-26(22-9-7-8-12-31-22)32-28(39)35(27)18-10-11-25(38-5)23(13-18)33-40(6,36)37/h7-16,26-27,33H,1-6H3,(H,32,39). The zero-order valence-electron chi connectivity index (χ0n) is 23.2. The Bertz CT molecular complexity index is 1630. The van der Waals surface area contributed by atoms with Crippen LogP contribution >= 0.6 is 23.8 Å². The first kappa shape index (κ1) is 28.2. The molecule has 2 aliphatic heterocycles. The zero-order valence-corrected chi connectivity index (χ0v) is 25.6. The van der Waals surface area contributed by atoms with Crippen molar-refractivity contribution in [2.45, 2.75) is 38.4 Å². The lowest BCUT2D eigenvalue weighted by atomic mass is 9.86. The Kier molecular flexibility index (Phi) is 7.22. The van der Waals surface area contributed by atoms with Crippen molar-refractivity contribution in [3.63, 3.8) is 0 Å². The van der Waals surface area contributed by atoms with Crippen molar-refractivity contribution < 1.29 is 13.2 Å². The van der Waals surface area contributed by atoms with Gasteiger partial charge in [-0.25, -0.2) is 8.42 Å². The van der Waals surface area contributed by atoms with E-state index in [2.05, 4.69) is 59.9 Å². The summed E-state index contributed by atoms with van der Waals surface area (Å²) in [5.74, 6) is 0.392.